The van der Waals surface area contributed by atoms with Crippen molar-refractivity contribution in [1.29, 1.82) is 0 Å². The lowest BCUT2D eigenvalue weighted by molar-refractivity contribution is 0.232. The molecule has 0 saturated carbocycles. The van der Waals surface area contributed by atoms with Crippen molar-refractivity contribution in [3.8, 4) is 0 Å². The van der Waals surface area contributed by atoms with Crippen molar-refractivity contribution in [2.75, 3.05) is 19.6 Å². The third-order valence-corrected chi connectivity index (χ3v) is 3.72. The molecule has 2 unspecified atom stereocenters. The highest BCUT2D eigenvalue weighted by molar-refractivity contribution is 5.10. The molecule has 1 fully saturated rings. The molecule has 0 amide bonds. The monoisotopic (exact) mass is 222 g/mol. The number of likely N-dealkylation sites (tertiary alicyclic amines) is 1. The fourth-order valence-electron chi connectivity index (χ4n) is 2.80. The van der Waals surface area contributed by atoms with E-state index >= 15 is 0 Å². The summed E-state index contributed by atoms with van der Waals surface area (Å²) in [7, 11) is 0. The predicted molar refractivity (Wildman–Crippen MR) is 65.1 cm³/mol. The van der Waals surface area contributed by atoms with Gasteiger partial charge in [0.05, 0.1) is 18.1 Å². The topological polar surface area (TPSA) is 47.1 Å². The summed E-state index contributed by atoms with van der Waals surface area (Å²) >= 11 is 0. The van der Waals surface area contributed by atoms with Gasteiger partial charge in [-0.25, -0.2) is 4.98 Å². The molecule has 2 heterocycles. The van der Waals surface area contributed by atoms with Gasteiger partial charge in [-0.1, -0.05) is 6.92 Å². The molecular formula is C12H22N4. The fourth-order valence-corrected chi connectivity index (χ4v) is 2.80. The summed E-state index contributed by atoms with van der Waals surface area (Å²) in [5.74, 6) is 0.585. The number of nitrogens with zero attached hydrogens (tertiary/aromatic N) is 3. The van der Waals surface area contributed by atoms with Crippen LogP contribution in [0.1, 0.15) is 32.0 Å². The molecule has 1 aliphatic heterocycles. The maximum absolute atomic E-state index is 5.88. The van der Waals surface area contributed by atoms with Crippen molar-refractivity contribution in [2.24, 2.45) is 11.7 Å². The van der Waals surface area contributed by atoms with Crippen LogP contribution in [0, 0.1) is 5.92 Å². The van der Waals surface area contributed by atoms with E-state index in [4.69, 9.17) is 5.73 Å². The molecule has 1 saturated heterocycles. The molecule has 4 nitrogen and oxygen atoms in total. The minimum absolute atomic E-state index is 0.470. The van der Waals surface area contributed by atoms with Crippen molar-refractivity contribution < 1.29 is 0 Å². The van der Waals surface area contributed by atoms with E-state index in [9.17, 15) is 0 Å². The predicted octanol–water partition coefficient (Wildman–Crippen LogP) is 1.24. The molecule has 0 aliphatic carbocycles. The van der Waals surface area contributed by atoms with Gasteiger partial charge in [-0.05, 0) is 38.9 Å². The van der Waals surface area contributed by atoms with Gasteiger partial charge in [0.1, 0.15) is 0 Å². The first-order valence-electron chi connectivity index (χ1n) is 6.25. The van der Waals surface area contributed by atoms with E-state index in [2.05, 4.69) is 28.3 Å². The maximum Gasteiger partial charge on any atom is 0.0948 e. The Hall–Kier alpha value is -0.870. The molecule has 0 aromatic carbocycles. The van der Waals surface area contributed by atoms with Crippen LogP contribution in [0.2, 0.25) is 0 Å². The lowest BCUT2D eigenvalue weighted by atomic mass is 9.98. The van der Waals surface area contributed by atoms with Gasteiger partial charge in [-0.15, -0.1) is 0 Å². The quantitative estimate of drug-likeness (QED) is 0.834. The minimum Gasteiger partial charge on any atom is -0.333 e. The molecule has 2 rings (SSSR count). The Balaban J connectivity index is 2.28. The molecule has 2 N–H and O–H groups in total. The van der Waals surface area contributed by atoms with Crippen LogP contribution < -0.4 is 5.73 Å². The second-order valence-corrected chi connectivity index (χ2v) is 4.46. The number of imidazole rings is 1. The second kappa shape index (κ2) is 4.97. The van der Waals surface area contributed by atoms with Gasteiger partial charge < -0.3 is 10.3 Å². The summed E-state index contributed by atoms with van der Waals surface area (Å²) in [5.41, 5.74) is 7.21. The van der Waals surface area contributed by atoms with Gasteiger partial charge in [0, 0.05) is 12.7 Å². The van der Waals surface area contributed by atoms with E-state index in [1.807, 2.05) is 12.5 Å². The first kappa shape index (κ1) is 11.6. The summed E-state index contributed by atoms with van der Waals surface area (Å²) < 4.78 is 2.24. The zero-order valence-corrected chi connectivity index (χ0v) is 10.3. The minimum atomic E-state index is 0.470. The molecular weight excluding hydrogens is 200 g/mol. The van der Waals surface area contributed by atoms with Crippen LogP contribution in [-0.2, 0) is 6.54 Å². The summed E-state index contributed by atoms with van der Waals surface area (Å²) in [4.78, 5) is 6.79. The van der Waals surface area contributed by atoms with Crippen LogP contribution in [0.3, 0.4) is 0 Å². The van der Waals surface area contributed by atoms with Gasteiger partial charge in [-0.2, -0.15) is 0 Å². The molecule has 2 atom stereocenters. The van der Waals surface area contributed by atoms with Gasteiger partial charge >= 0.3 is 0 Å². The number of aryl methyl sites for hydroxylation is 1. The Bertz CT molecular complexity index is 322. The highest BCUT2D eigenvalue weighted by atomic mass is 15.2. The van der Waals surface area contributed by atoms with Gasteiger partial charge in [0.25, 0.3) is 0 Å². The summed E-state index contributed by atoms with van der Waals surface area (Å²) in [6, 6.07) is 0.470. The average Bonchev–Trinajstić information content (AvgIpc) is 2.93. The molecule has 0 bridgehead atoms. The van der Waals surface area contributed by atoms with Crippen molar-refractivity contribution in [1.82, 2.24) is 14.5 Å². The van der Waals surface area contributed by atoms with Crippen molar-refractivity contribution in [3.05, 3.63) is 18.2 Å². The van der Waals surface area contributed by atoms with E-state index in [-0.39, 0.29) is 0 Å². The van der Waals surface area contributed by atoms with Gasteiger partial charge in [0.2, 0.25) is 0 Å². The third-order valence-electron chi connectivity index (χ3n) is 3.72. The molecule has 90 valence electrons. The van der Waals surface area contributed by atoms with Crippen LogP contribution >= 0.6 is 0 Å². The molecule has 4 heteroatoms. The summed E-state index contributed by atoms with van der Waals surface area (Å²) in [6.07, 6.45) is 5.14. The van der Waals surface area contributed by atoms with Crippen LogP contribution in [0.25, 0.3) is 0 Å². The largest absolute Gasteiger partial charge is 0.333 e. The van der Waals surface area contributed by atoms with E-state index in [0.29, 0.717) is 12.0 Å². The Morgan fingerprint density at radius 1 is 1.44 bits per heavy atom. The zero-order valence-electron chi connectivity index (χ0n) is 10.3. The zero-order chi connectivity index (χ0) is 11.5. The van der Waals surface area contributed by atoms with E-state index in [0.717, 1.165) is 26.2 Å². The number of hydrogen-bond donors (Lipinski definition) is 1. The van der Waals surface area contributed by atoms with Gasteiger partial charge in [-0.3, -0.25) is 4.90 Å². The Labute approximate surface area is 97.4 Å². The van der Waals surface area contributed by atoms with E-state index in [1.54, 1.807) is 0 Å². The lowest BCUT2D eigenvalue weighted by Crippen LogP contribution is -2.29. The molecule has 0 radical (unpaired) electrons. The van der Waals surface area contributed by atoms with Crippen LogP contribution in [-0.4, -0.2) is 34.1 Å². The summed E-state index contributed by atoms with van der Waals surface area (Å²) in [5, 5.41) is 0. The van der Waals surface area contributed by atoms with Crippen molar-refractivity contribution in [3.63, 3.8) is 0 Å². The van der Waals surface area contributed by atoms with Crippen LogP contribution in [0.5, 0.6) is 0 Å². The van der Waals surface area contributed by atoms with Crippen molar-refractivity contribution >= 4 is 0 Å². The smallest absolute Gasteiger partial charge is 0.0948 e. The second-order valence-electron chi connectivity index (χ2n) is 4.46. The lowest BCUT2D eigenvalue weighted by Gasteiger charge is -2.27. The van der Waals surface area contributed by atoms with Crippen LogP contribution in [0.15, 0.2) is 12.5 Å². The van der Waals surface area contributed by atoms with Crippen molar-refractivity contribution in [2.45, 2.75) is 32.9 Å². The SMILES string of the molecule is CCN1CCC(CN)C1c1cncn1CC. The van der Waals surface area contributed by atoms with E-state index < -0.39 is 0 Å². The average molecular weight is 222 g/mol. The molecule has 1 aromatic heterocycles. The first-order chi connectivity index (χ1) is 7.81. The molecule has 16 heavy (non-hydrogen) atoms. The Kier molecular flexibility index (Phi) is 3.61. The van der Waals surface area contributed by atoms with Crippen LogP contribution in [0.4, 0.5) is 0 Å². The third kappa shape index (κ3) is 1.87. The maximum atomic E-state index is 5.88. The fraction of sp³-hybridized carbons (Fsp3) is 0.750. The molecule has 1 aromatic rings. The highest BCUT2D eigenvalue weighted by Crippen LogP contribution is 2.36. The standard InChI is InChI=1S/C12H22N4/c1-3-15-6-5-10(7-13)12(15)11-8-14-9-16(11)4-2/h8-10,12H,3-7,13H2,1-2H3. The Morgan fingerprint density at radius 2 is 2.25 bits per heavy atom. The number of aromatic nitrogens is 2. The number of hydrogen-bond acceptors (Lipinski definition) is 3. The number of rotatable bonds is 4. The molecule has 0 spiro atoms. The highest BCUT2D eigenvalue weighted by Gasteiger charge is 2.35. The first-order valence-corrected chi connectivity index (χ1v) is 6.25. The Morgan fingerprint density at radius 3 is 2.88 bits per heavy atom. The normalized spacial score (nSPS) is 26.4. The van der Waals surface area contributed by atoms with E-state index in [1.165, 1.54) is 12.1 Å². The summed E-state index contributed by atoms with van der Waals surface area (Å²) in [6.45, 7) is 8.40. The molecule has 1 aliphatic rings. The number of nitrogens with two attached hydrogens (primary N) is 1. The van der Waals surface area contributed by atoms with Gasteiger partial charge in [0.15, 0.2) is 0 Å².